The van der Waals surface area contributed by atoms with Gasteiger partial charge in [-0.15, -0.1) is 0 Å². The lowest BCUT2D eigenvalue weighted by molar-refractivity contribution is 1.60. The van der Waals surface area contributed by atoms with E-state index in [-0.39, 0.29) is 0 Å². The molecule has 0 radical (unpaired) electrons. The molecule has 0 nitrogen and oxygen atoms in total. The summed E-state index contributed by atoms with van der Waals surface area (Å²) in [5.41, 5.74) is 7.70. The highest BCUT2D eigenvalue weighted by molar-refractivity contribution is 6.21. The van der Waals surface area contributed by atoms with Gasteiger partial charge in [-0.2, -0.15) is 0 Å². The molecule has 0 unspecified atom stereocenters. The Morgan fingerprint density at radius 1 is 0.591 bits per heavy atom. The molecule has 0 amide bonds. The van der Waals surface area contributed by atoms with Crippen LogP contribution in [0.15, 0.2) is 84.9 Å². The molecule has 0 aliphatic heterocycles. The molecule has 4 rings (SSSR count). The third kappa shape index (κ3) is 2.29. The van der Waals surface area contributed by atoms with Crippen molar-refractivity contribution in [3.05, 3.63) is 107 Å². The number of hydrogen-bond donors (Lipinski definition) is 0. The van der Waals surface area contributed by atoms with E-state index in [0.29, 0.717) is 0 Å². The molecule has 0 heterocycles. The number of hydrogen-bond acceptors (Lipinski definition) is 0. The largest absolute Gasteiger partial charge is 0.0622 e. The van der Waals surface area contributed by atoms with Crippen LogP contribution >= 0.6 is 0 Å². The van der Waals surface area contributed by atoms with Crippen LogP contribution in [0.2, 0.25) is 0 Å². The summed E-state index contributed by atoms with van der Waals surface area (Å²) in [5, 5.41) is 0. The molecule has 0 saturated heterocycles. The van der Waals surface area contributed by atoms with E-state index < -0.39 is 0 Å². The average molecular weight is 280 g/mol. The predicted molar refractivity (Wildman–Crippen MR) is 95.1 cm³/mol. The first-order valence-electron chi connectivity index (χ1n) is 7.55. The van der Waals surface area contributed by atoms with E-state index in [9.17, 15) is 0 Å². The lowest BCUT2D eigenvalue weighted by atomic mass is 9.95. The zero-order valence-corrected chi connectivity index (χ0v) is 12.2. The van der Waals surface area contributed by atoms with Gasteiger partial charge >= 0.3 is 0 Å². The van der Waals surface area contributed by atoms with Crippen molar-refractivity contribution < 1.29 is 0 Å². The van der Waals surface area contributed by atoms with E-state index in [4.69, 9.17) is 0 Å². The highest BCUT2D eigenvalue weighted by atomic mass is 14.2. The molecule has 0 fully saturated rings. The van der Waals surface area contributed by atoms with Gasteiger partial charge in [-0.3, -0.25) is 0 Å². The average Bonchev–Trinajstić information content (AvgIpc) is 2.95. The van der Waals surface area contributed by atoms with Crippen LogP contribution in [0.4, 0.5) is 0 Å². The van der Waals surface area contributed by atoms with Gasteiger partial charge in [0, 0.05) is 0 Å². The maximum Gasteiger partial charge on any atom is -0.00932 e. The molecule has 3 aromatic rings. The summed E-state index contributed by atoms with van der Waals surface area (Å²) in [4.78, 5) is 0. The van der Waals surface area contributed by atoms with Crippen molar-refractivity contribution in [3.63, 3.8) is 0 Å². The molecule has 0 spiro atoms. The first-order valence-corrected chi connectivity index (χ1v) is 7.55. The Hall–Kier alpha value is -2.86. The highest BCUT2D eigenvalue weighted by Crippen LogP contribution is 2.42. The van der Waals surface area contributed by atoms with E-state index >= 15 is 0 Å². The predicted octanol–water partition coefficient (Wildman–Crippen LogP) is 5.78. The minimum absolute atomic E-state index is 1.23. The van der Waals surface area contributed by atoms with Crippen molar-refractivity contribution in [1.29, 1.82) is 0 Å². The van der Waals surface area contributed by atoms with Crippen LogP contribution in [0.3, 0.4) is 0 Å². The maximum absolute atomic E-state index is 2.29. The summed E-state index contributed by atoms with van der Waals surface area (Å²) < 4.78 is 0. The van der Waals surface area contributed by atoms with Gasteiger partial charge in [-0.05, 0) is 45.6 Å². The zero-order chi connectivity index (χ0) is 14.8. The fraction of sp³-hybridized carbons (Fsp3) is 0. The Morgan fingerprint density at radius 2 is 1.23 bits per heavy atom. The van der Waals surface area contributed by atoms with E-state index in [1.807, 2.05) is 0 Å². The number of allylic oxidation sites excluding steroid dienone is 2. The molecule has 0 atom stereocenters. The SMILES string of the molecule is C1=C(c2ccccc2)/C(=C\c2ccccc2)c2ccccc21. The number of rotatable bonds is 2. The first kappa shape index (κ1) is 12.8. The fourth-order valence-electron chi connectivity index (χ4n) is 2.97. The zero-order valence-electron chi connectivity index (χ0n) is 12.2. The van der Waals surface area contributed by atoms with Crippen molar-refractivity contribution in [2.24, 2.45) is 0 Å². The molecule has 0 bridgehead atoms. The second-order valence-corrected chi connectivity index (χ2v) is 5.48. The highest BCUT2D eigenvalue weighted by Gasteiger charge is 2.19. The molecule has 1 aliphatic carbocycles. The van der Waals surface area contributed by atoms with Crippen LogP contribution < -0.4 is 0 Å². The molecule has 0 saturated carbocycles. The summed E-state index contributed by atoms with van der Waals surface area (Å²) in [7, 11) is 0. The van der Waals surface area contributed by atoms with Crippen molar-refractivity contribution in [2.45, 2.75) is 0 Å². The molecule has 0 heteroatoms. The normalized spacial score (nSPS) is 14.7. The van der Waals surface area contributed by atoms with E-state index in [2.05, 4.69) is 97.1 Å². The minimum atomic E-state index is 1.23. The fourth-order valence-corrected chi connectivity index (χ4v) is 2.97. The van der Waals surface area contributed by atoms with Gasteiger partial charge < -0.3 is 0 Å². The van der Waals surface area contributed by atoms with Crippen LogP contribution in [0.1, 0.15) is 22.3 Å². The van der Waals surface area contributed by atoms with E-state index in [0.717, 1.165) is 0 Å². The smallest absolute Gasteiger partial charge is 0.00932 e. The molecule has 1 aliphatic rings. The molecular weight excluding hydrogens is 264 g/mol. The Labute approximate surface area is 131 Å². The third-order valence-electron chi connectivity index (χ3n) is 4.04. The van der Waals surface area contributed by atoms with Gasteiger partial charge in [0.2, 0.25) is 0 Å². The van der Waals surface area contributed by atoms with Gasteiger partial charge in [-0.25, -0.2) is 0 Å². The topological polar surface area (TPSA) is 0 Å². The van der Waals surface area contributed by atoms with Crippen molar-refractivity contribution in [3.8, 4) is 0 Å². The van der Waals surface area contributed by atoms with Crippen LogP contribution in [0.25, 0.3) is 23.3 Å². The maximum atomic E-state index is 2.29. The summed E-state index contributed by atoms with van der Waals surface area (Å²) in [6.07, 6.45) is 4.57. The minimum Gasteiger partial charge on any atom is -0.0622 e. The summed E-state index contributed by atoms with van der Waals surface area (Å²) in [6, 6.07) is 29.7. The summed E-state index contributed by atoms with van der Waals surface area (Å²) in [5.74, 6) is 0. The van der Waals surface area contributed by atoms with Gasteiger partial charge in [0.25, 0.3) is 0 Å². The molecular formula is C22H16. The Morgan fingerprint density at radius 3 is 2.00 bits per heavy atom. The molecule has 0 aromatic heterocycles. The van der Waals surface area contributed by atoms with Crippen molar-refractivity contribution >= 4 is 23.3 Å². The molecule has 0 N–H and O–H groups in total. The number of fused-ring (bicyclic) bond motifs is 1. The Kier molecular flexibility index (Phi) is 3.21. The van der Waals surface area contributed by atoms with Crippen LogP contribution in [-0.4, -0.2) is 0 Å². The second-order valence-electron chi connectivity index (χ2n) is 5.48. The lowest BCUT2D eigenvalue weighted by Crippen LogP contribution is -1.86. The summed E-state index contributed by atoms with van der Waals surface area (Å²) in [6.45, 7) is 0. The second kappa shape index (κ2) is 5.50. The van der Waals surface area contributed by atoms with Crippen LogP contribution in [-0.2, 0) is 0 Å². The third-order valence-corrected chi connectivity index (χ3v) is 4.04. The molecule has 22 heavy (non-hydrogen) atoms. The Balaban J connectivity index is 1.89. The van der Waals surface area contributed by atoms with Gasteiger partial charge in [0.1, 0.15) is 0 Å². The van der Waals surface area contributed by atoms with Gasteiger partial charge in [0.15, 0.2) is 0 Å². The Bertz CT molecular complexity index is 853. The van der Waals surface area contributed by atoms with Gasteiger partial charge in [-0.1, -0.05) is 84.9 Å². The lowest BCUT2D eigenvalue weighted by Gasteiger charge is -2.08. The monoisotopic (exact) mass is 280 g/mol. The standard InChI is InChI=1S/C22H16/c1-3-9-17(10-4-1)15-22-20-14-8-7-13-19(20)16-21(22)18-11-5-2-6-12-18/h1-16H/b22-15-. The van der Waals surface area contributed by atoms with Crippen molar-refractivity contribution in [1.82, 2.24) is 0 Å². The van der Waals surface area contributed by atoms with Gasteiger partial charge in [0.05, 0.1) is 0 Å². The quantitative estimate of drug-likeness (QED) is 0.558. The first-order chi connectivity index (χ1) is 10.9. The number of benzene rings is 3. The van der Waals surface area contributed by atoms with Crippen molar-refractivity contribution in [2.75, 3.05) is 0 Å². The van der Waals surface area contributed by atoms with E-state index in [1.165, 1.54) is 33.4 Å². The van der Waals surface area contributed by atoms with E-state index in [1.54, 1.807) is 0 Å². The molecule has 3 aromatic carbocycles. The molecule has 104 valence electrons. The van der Waals surface area contributed by atoms with Crippen LogP contribution in [0.5, 0.6) is 0 Å². The summed E-state index contributed by atoms with van der Waals surface area (Å²) >= 11 is 0. The van der Waals surface area contributed by atoms with Crippen LogP contribution in [0, 0.1) is 0 Å².